The van der Waals surface area contributed by atoms with Crippen molar-refractivity contribution < 1.29 is 0 Å². The van der Waals surface area contributed by atoms with Crippen LogP contribution in [-0.2, 0) is 0 Å². The van der Waals surface area contributed by atoms with Crippen LogP contribution >= 0.6 is 34.3 Å². The number of rotatable bonds is 3. The van der Waals surface area contributed by atoms with Gasteiger partial charge in [0.1, 0.15) is 0 Å². The summed E-state index contributed by atoms with van der Waals surface area (Å²) in [5.74, 6) is 0. The monoisotopic (exact) mass is 311 g/mol. The van der Waals surface area contributed by atoms with Crippen molar-refractivity contribution in [2.75, 3.05) is 0 Å². The number of nitrogens with two attached hydrogens (primary N) is 1. The first-order valence-corrected chi connectivity index (χ1v) is 8.10. The maximum Gasteiger partial charge on any atom is 0.0838 e. The number of hydrogen-bond donors (Lipinski definition) is 1. The highest BCUT2D eigenvalue weighted by Crippen LogP contribution is 2.37. The molecule has 0 amide bonds. The molecule has 0 fully saturated rings. The molecule has 0 saturated carbocycles. The summed E-state index contributed by atoms with van der Waals surface area (Å²) in [5, 5.41) is 7.05. The van der Waals surface area contributed by atoms with E-state index in [0.717, 1.165) is 10.6 Å². The third-order valence-corrected chi connectivity index (χ3v) is 5.50. The van der Waals surface area contributed by atoms with Crippen LogP contribution in [0.5, 0.6) is 0 Å². The number of nitrogens with zero attached hydrogens (tertiary/aromatic N) is 2. The molecule has 0 bridgehead atoms. The van der Waals surface area contributed by atoms with Crippen molar-refractivity contribution in [3.63, 3.8) is 0 Å². The molecule has 0 aliphatic heterocycles. The lowest BCUT2D eigenvalue weighted by molar-refractivity contribution is 0.500. The minimum absolute atomic E-state index is 0.220. The van der Waals surface area contributed by atoms with E-state index >= 15 is 0 Å². The Kier molecular flexibility index (Phi) is 3.39. The van der Waals surface area contributed by atoms with Crippen LogP contribution < -0.4 is 5.73 Å². The van der Waals surface area contributed by atoms with Crippen LogP contribution in [0, 0.1) is 0 Å². The number of halogens is 1. The summed E-state index contributed by atoms with van der Waals surface area (Å²) < 4.78 is 4.46. The summed E-state index contributed by atoms with van der Waals surface area (Å²) in [7, 11) is 0. The topological polar surface area (TPSA) is 43.8 Å². The van der Waals surface area contributed by atoms with Crippen LogP contribution in [0.25, 0.3) is 9.40 Å². The second-order valence-electron chi connectivity index (χ2n) is 4.69. The van der Waals surface area contributed by atoms with Crippen LogP contribution in [-0.4, -0.2) is 9.78 Å². The summed E-state index contributed by atoms with van der Waals surface area (Å²) in [6.07, 6.45) is 1.67. The van der Waals surface area contributed by atoms with Crippen molar-refractivity contribution in [3.8, 4) is 0 Å². The zero-order valence-corrected chi connectivity index (χ0v) is 13.0. The van der Waals surface area contributed by atoms with E-state index in [1.165, 1.54) is 9.40 Å². The second-order valence-corrected chi connectivity index (χ2v) is 7.16. The van der Waals surface area contributed by atoms with Gasteiger partial charge in [-0.05, 0) is 31.4 Å². The summed E-state index contributed by atoms with van der Waals surface area (Å²) >= 11 is 9.71. The molecule has 3 heterocycles. The molecule has 0 aromatic carbocycles. The zero-order valence-electron chi connectivity index (χ0n) is 10.6. The largest absolute Gasteiger partial charge is 0.318 e. The highest BCUT2D eigenvalue weighted by molar-refractivity contribution is 7.27. The van der Waals surface area contributed by atoms with Crippen LogP contribution in [0.15, 0.2) is 23.7 Å². The fraction of sp³-hybridized carbons (Fsp3) is 0.308. The molecule has 1 atom stereocenters. The lowest BCUT2D eigenvalue weighted by Crippen LogP contribution is -2.18. The van der Waals surface area contributed by atoms with Crippen molar-refractivity contribution >= 4 is 43.7 Å². The standard InChI is InChI=1S/C13H14ClN3S2/c1-7(2)17-13(8(14)6-16-17)12(15)11-5-10-9(19-11)3-4-18-10/h3-7,12H,15H2,1-2H3. The minimum atomic E-state index is -0.220. The SMILES string of the molecule is CC(C)n1ncc(Cl)c1C(N)c1cc2sccc2s1. The highest BCUT2D eigenvalue weighted by Gasteiger charge is 2.21. The van der Waals surface area contributed by atoms with Crippen LogP contribution in [0.3, 0.4) is 0 Å². The third-order valence-electron chi connectivity index (χ3n) is 3.04. The lowest BCUT2D eigenvalue weighted by Gasteiger charge is -2.16. The van der Waals surface area contributed by atoms with Gasteiger partial charge in [-0.2, -0.15) is 5.10 Å². The average Bonchev–Trinajstić information content (AvgIpc) is 3.00. The predicted octanol–water partition coefficient (Wildman–Crippen LogP) is 4.44. The van der Waals surface area contributed by atoms with Gasteiger partial charge >= 0.3 is 0 Å². The van der Waals surface area contributed by atoms with Crippen molar-refractivity contribution in [1.29, 1.82) is 0 Å². The summed E-state index contributed by atoms with van der Waals surface area (Å²) in [5.41, 5.74) is 7.29. The van der Waals surface area contributed by atoms with Crippen LogP contribution in [0.4, 0.5) is 0 Å². The van der Waals surface area contributed by atoms with Crippen LogP contribution in [0.2, 0.25) is 5.02 Å². The Labute approximate surface area is 124 Å². The second kappa shape index (κ2) is 4.90. The maximum atomic E-state index is 6.39. The molecule has 6 heteroatoms. The van der Waals surface area contributed by atoms with E-state index in [9.17, 15) is 0 Å². The van der Waals surface area contributed by atoms with E-state index in [-0.39, 0.29) is 12.1 Å². The Morgan fingerprint density at radius 3 is 2.84 bits per heavy atom. The third kappa shape index (κ3) is 2.21. The van der Waals surface area contributed by atoms with Crippen molar-refractivity contribution in [2.24, 2.45) is 5.73 Å². The Bertz CT molecular complexity index is 682. The molecule has 0 aliphatic carbocycles. The fourth-order valence-corrected chi connectivity index (χ4v) is 4.50. The maximum absolute atomic E-state index is 6.39. The van der Waals surface area contributed by atoms with Gasteiger partial charge < -0.3 is 5.73 Å². The van der Waals surface area contributed by atoms with E-state index in [4.69, 9.17) is 17.3 Å². The molecule has 3 aromatic rings. The molecule has 3 aromatic heterocycles. The number of aromatic nitrogens is 2. The first-order chi connectivity index (χ1) is 9.08. The summed E-state index contributed by atoms with van der Waals surface area (Å²) in [6, 6.07) is 4.31. The molecule has 0 spiro atoms. The van der Waals surface area contributed by atoms with Gasteiger partial charge in [0.25, 0.3) is 0 Å². The van der Waals surface area contributed by atoms with Gasteiger partial charge in [0, 0.05) is 20.3 Å². The summed E-state index contributed by atoms with van der Waals surface area (Å²) in [6.45, 7) is 4.15. The molecule has 100 valence electrons. The van der Waals surface area contributed by atoms with Gasteiger partial charge in [0.05, 0.1) is 23.0 Å². The van der Waals surface area contributed by atoms with E-state index in [0.29, 0.717) is 5.02 Å². The number of thiophene rings is 2. The lowest BCUT2D eigenvalue weighted by atomic mass is 10.1. The quantitative estimate of drug-likeness (QED) is 0.777. The zero-order chi connectivity index (χ0) is 13.6. The van der Waals surface area contributed by atoms with Gasteiger partial charge in [0.2, 0.25) is 0 Å². The van der Waals surface area contributed by atoms with Gasteiger partial charge in [-0.25, -0.2) is 0 Å². The van der Waals surface area contributed by atoms with E-state index in [2.05, 4.69) is 36.5 Å². The molecule has 3 rings (SSSR count). The molecule has 0 radical (unpaired) electrons. The van der Waals surface area contributed by atoms with Gasteiger partial charge in [-0.3, -0.25) is 4.68 Å². The van der Waals surface area contributed by atoms with E-state index < -0.39 is 0 Å². The van der Waals surface area contributed by atoms with E-state index in [1.807, 2.05) is 4.68 Å². The molecular weight excluding hydrogens is 298 g/mol. The van der Waals surface area contributed by atoms with Crippen molar-refractivity contribution in [1.82, 2.24) is 9.78 Å². The molecule has 3 nitrogen and oxygen atoms in total. The van der Waals surface area contributed by atoms with Crippen molar-refractivity contribution in [2.45, 2.75) is 25.9 Å². The van der Waals surface area contributed by atoms with Gasteiger partial charge in [0.15, 0.2) is 0 Å². The van der Waals surface area contributed by atoms with Gasteiger partial charge in [-0.1, -0.05) is 11.6 Å². The normalized spacial score (nSPS) is 13.5. The highest BCUT2D eigenvalue weighted by atomic mass is 35.5. The summed E-state index contributed by atoms with van der Waals surface area (Å²) in [4.78, 5) is 1.13. The predicted molar refractivity (Wildman–Crippen MR) is 83.4 cm³/mol. The Morgan fingerprint density at radius 1 is 1.37 bits per heavy atom. The van der Waals surface area contributed by atoms with Crippen LogP contribution in [0.1, 0.15) is 36.5 Å². The molecular formula is C13H14ClN3S2. The molecule has 0 saturated heterocycles. The Balaban J connectivity index is 2.06. The molecule has 1 unspecified atom stereocenters. The molecule has 2 N–H and O–H groups in total. The molecule has 0 aliphatic rings. The van der Waals surface area contributed by atoms with Crippen molar-refractivity contribution in [3.05, 3.63) is 39.3 Å². The number of fused-ring (bicyclic) bond motifs is 1. The Morgan fingerprint density at radius 2 is 2.16 bits per heavy atom. The fourth-order valence-electron chi connectivity index (χ4n) is 2.13. The molecule has 19 heavy (non-hydrogen) atoms. The average molecular weight is 312 g/mol. The number of hydrogen-bond acceptors (Lipinski definition) is 4. The van der Waals surface area contributed by atoms with E-state index in [1.54, 1.807) is 28.9 Å². The van der Waals surface area contributed by atoms with Gasteiger partial charge in [-0.15, -0.1) is 22.7 Å². The smallest absolute Gasteiger partial charge is 0.0838 e. The Hall–Kier alpha value is -0.880. The first kappa shape index (κ1) is 13.1. The first-order valence-electron chi connectivity index (χ1n) is 6.03. The minimum Gasteiger partial charge on any atom is -0.318 e.